The minimum Gasteiger partial charge on any atom is -0.352 e. The van der Waals surface area contributed by atoms with Gasteiger partial charge in [0, 0.05) is 30.6 Å². The summed E-state index contributed by atoms with van der Waals surface area (Å²) in [5.74, 6) is 0.350. The van der Waals surface area contributed by atoms with Crippen LogP contribution in [-0.4, -0.2) is 52.0 Å². The Morgan fingerprint density at radius 3 is 2.81 bits per heavy atom. The molecule has 1 aromatic carbocycles. The van der Waals surface area contributed by atoms with E-state index in [1.807, 2.05) is 0 Å². The van der Waals surface area contributed by atoms with Gasteiger partial charge in [-0.1, -0.05) is 0 Å². The number of nitro benzene ring substituents is 1. The lowest BCUT2D eigenvalue weighted by atomic mass is 9.94. The SMILES string of the molecule is CN1CCC(CCNC(=O)c2ccc(-n3ccnc3)c([N+](=O)[O-])c2)CC1. The van der Waals surface area contributed by atoms with Crippen molar-refractivity contribution in [1.82, 2.24) is 19.8 Å². The van der Waals surface area contributed by atoms with Gasteiger partial charge in [0.25, 0.3) is 11.6 Å². The Balaban J connectivity index is 1.62. The van der Waals surface area contributed by atoms with Gasteiger partial charge in [-0.25, -0.2) is 4.98 Å². The lowest BCUT2D eigenvalue weighted by Gasteiger charge is -2.28. The number of nitrogens with zero attached hydrogens (tertiary/aromatic N) is 4. The van der Waals surface area contributed by atoms with Gasteiger partial charge in [0.15, 0.2) is 0 Å². The highest BCUT2D eigenvalue weighted by molar-refractivity contribution is 5.95. The van der Waals surface area contributed by atoms with Gasteiger partial charge in [-0.3, -0.25) is 14.9 Å². The van der Waals surface area contributed by atoms with Crippen LogP contribution >= 0.6 is 0 Å². The van der Waals surface area contributed by atoms with Gasteiger partial charge in [-0.2, -0.15) is 0 Å². The number of piperidine rings is 1. The summed E-state index contributed by atoms with van der Waals surface area (Å²) < 4.78 is 1.56. The van der Waals surface area contributed by atoms with Crippen molar-refractivity contribution in [1.29, 1.82) is 0 Å². The zero-order chi connectivity index (χ0) is 18.5. The van der Waals surface area contributed by atoms with Crippen molar-refractivity contribution in [3.05, 3.63) is 52.6 Å². The second-order valence-corrected chi connectivity index (χ2v) is 6.72. The number of nitrogens with one attached hydrogen (secondary N) is 1. The molecular weight excluding hydrogens is 334 g/mol. The smallest absolute Gasteiger partial charge is 0.294 e. The Morgan fingerprint density at radius 2 is 2.15 bits per heavy atom. The lowest BCUT2D eigenvalue weighted by molar-refractivity contribution is -0.384. The summed E-state index contributed by atoms with van der Waals surface area (Å²) in [6.07, 6.45) is 7.91. The number of likely N-dealkylation sites (tertiary alicyclic amines) is 1. The number of hydrogen-bond donors (Lipinski definition) is 1. The Morgan fingerprint density at radius 1 is 1.38 bits per heavy atom. The predicted molar refractivity (Wildman–Crippen MR) is 97.4 cm³/mol. The van der Waals surface area contributed by atoms with Gasteiger partial charge in [0.2, 0.25) is 0 Å². The van der Waals surface area contributed by atoms with Gasteiger partial charge < -0.3 is 14.8 Å². The molecule has 0 unspecified atom stereocenters. The molecule has 26 heavy (non-hydrogen) atoms. The van der Waals surface area contributed by atoms with E-state index < -0.39 is 4.92 Å². The van der Waals surface area contributed by atoms with Gasteiger partial charge in [0.05, 0.1) is 11.3 Å². The number of carbonyl (C=O) groups excluding carboxylic acids is 1. The Kier molecular flexibility index (Phi) is 5.62. The number of benzene rings is 1. The van der Waals surface area contributed by atoms with Crippen LogP contribution in [-0.2, 0) is 0 Å². The largest absolute Gasteiger partial charge is 0.352 e. The molecule has 1 saturated heterocycles. The molecule has 0 saturated carbocycles. The van der Waals surface area contributed by atoms with Crippen LogP contribution in [0.2, 0.25) is 0 Å². The molecule has 8 heteroatoms. The standard InChI is InChI=1S/C18H23N5O3/c1-21-9-5-14(6-10-21)4-7-20-18(24)15-2-3-16(17(12-15)23(25)26)22-11-8-19-13-22/h2-3,8,11-14H,4-7,9-10H2,1H3,(H,20,24). The number of nitro groups is 1. The van der Waals surface area contributed by atoms with Crippen molar-refractivity contribution >= 4 is 11.6 Å². The molecule has 1 amide bonds. The van der Waals surface area contributed by atoms with Crippen LogP contribution in [0.15, 0.2) is 36.9 Å². The van der Waals surface area contributed by atoms with E-state index in [0.717, 1.165) is 32.4 Å². The summed E-state index contributed by atoms with van der Waals surface area (Å²) in [6.45, 7) is 2.78. The highest BCUT2D eigenvalue weighted by Gasteiger charge is 2.20. The third-order valence-electron chi connectivity index (χ3n) is 4.89. The van der Waals surface area contributed by atoms with Gasteiger partial charge >= 0.3 is 0 Å². The third kappa shape index (κ3) is 4.26. The van der Waals surface area contributed by atoms with E-state index >= 15 is 0 Å². The Labute approximate surface area is 152 Å². The number of hydrogen-bond acceptors (Lipinski definition) is 5. The van der Waals surface area contributed by atoms with Crippen LogP contribution in [0.4, 0.5) is 5.69 Å². The number of imidazole rings is 1. The number of carbonyl (C=O) groups is 1. The van der Waals surface area contributed by atoms with Crippen molar-refractivity contribution in [2.75, 3.05) is 26.7 Å². The number of aromatic nitrogens is 2. The molecule has 1 aromatic heterocycles. The van der Waals surface area contributed by atoms with E-state index in [2.05, 4.69) is 22.2 Å². The number of amides is 1. The molecule has 1 aliphatic rings. The summed E-state index contributed by atoms with van der Waals surface area (Å²) >= 11 is 0. The van der Waals surface area contributed by atoms with Gasteiger partial charge in [0.1, 0.15) is 5.69 Å². The molecule has 1 aliphatic heterocycles. The molecule has 1 fully saturated rings. The highest BCUT2D eigenvalue weighted by atomic mass is 16.6. The summed E-state index contributed by atoms with van der Waals surface area (Å²) in [4.78, 5) is 29.5. The van der Waals surface area contributed by atoms with E-state index in [-0.39, 0.29) is 11.6 Å². The van der Waals surface area contributed by atoms with E-state index in [0.29, 0.717) is 23.7 Å². The summed E-state index contributed by atoms with van der Waals surface area (Å²) in [5, 5.41) is 14.3. The molecule has 0 bridgehead atoms. The van der Waals surface area contributed by atoms with E-state index in [1.165, 1.54) is 12.4 Å². The van der Waals surface area contributed by atoms with Crippen LogP contribution in [0, 0.1) is 16.0 Å². The van der Waals surface area contributed by atoms with E-state index in [4.69, 9.17) is 0 Å². The minimum atomic E-state index is -0.482. The van der Waals surface area contributed by atoms with Crippen LogP contribution in [0.1, 0.15) is 29.6 Å². The molecule has 0 aliphatic carbocycles. The molecule has 138 valence electrons. The maximum absolute atomic E-state index is 12.3. The second-order valence-electron chi connectivity index (χ2n) is 6.72. The maximum atomic E-state index is 12.3. The summed E-state index contributed by atoms with van der Waals surface area (Å²) in [5.41, 5.74) is 0.560. The van der Waals surface area contributed by atoms with Crippen molar-refractivity contribution < 1.29 is 9.72 Å². The molecule has 2 aromatic rings. The quantitative estimate of drug-likeness (QED) is 0.632. The van der Waals surface area contributed by atoms with Crippen LogP contribution in [0.5, 0.6) is 0 Å². The predicted octanol–water partition coefficient (Wildman–Crippen LogP) is 2.24. The average Bonchev–Trinajstić information content (AvgIpc) is 3.17. The fourth-order valence-electron chi connectivity index (χ4n) is 3.27. The molecule has 0 spiro atoms. The Hall–Kier alpha value is -2.74. The molecule has 2 heterocycles. The first kappa shape index (κ1) is 18.1. The van der Waals surface area contributed by atoms with Gasteiger partial charge in [-0.15, -0.1) is 0 Å². The lowest BCUT2D eigenvalue weighted by Crippen LogP contribution is -2.32. The summed E-state index contributed by atoms with van der Waals surface area (Å²) in [7, 11) is 2.12. The molecule has 1 N–H and O–H groups in total. The Bertz CT molecular complexity index is 767. The van der Waals surface area contributed by atoms with Crippen LogP contribution < -0.4 is 5.32 Å². The normalized spacial score (nSPS) is 15.7. The van der Waals surface area contributed by atoms with E-state index in [9.17, 15) is 14.9 Å². The summed E-state index contributed by atoms with van der Waals surface area (Å²) in [6, 6.07) is 4.50. The average molecular weight is 357 g/mol. The molecule has 0 radical (unpaired) electrons. The first-order valence-electron chi connectivity index (χ1n) is 8.78. The fourth-order valence-corrected chi connectivity index (χ4v) is 3.27. The topological polar surface area (TPSA) is 93.3 Å². The van der Waals surface area contributed by atoms with Crippen molar-refractivity contribution in [3.8, 4) is 5.69 Å². The third-order valence-corrected chi connectivity index (χ3v) is 4.89. The number of rotatable bonds is 6. The van der Waals surface area contributed by atoms with Crippen molar-refractivity contribution in [2.24, 2.45) is 5.92 Å². The van der Waals surface area contributed by atoms with Crippen LogP contribution in [0.3, 0.4) is 0 Å². The van der Waals surface area contributed by atoms with Crippen molar-refractivity contribution in [2.45, 2.75) is 19.3 Å². The van der Waals surface area contributed by atoms with Crippen LogP contribution in [0.25, 0.3) is 5.69 Å². The fraction of sp³-hybridized carbons (Fsp3) is 0.444. The second kappa shape index (κ2) is 8.09. The first-order chi connectivity index (χ1) is 12.5. The molecular formula is C18H23N5O3. The first-order valence-corrected chi connectivity index (χ1v) is 8.78. The minimum absolute atomic E-state index is 0.119. The molecule has 8 nitrogen and oxygen atoms in total. The van der Waals surface area contributed by atoms with Gasteiger partial charge in [-0.05, 0) is 57.5 Å². The monoisotopic (exact) mass is 357 g/mol. The van der Waals surface area contributed by atoms with E-state index in [1.54, 1.807) is 29.1 Å². The molecule has 3 rings (SSSR count). The van der Waals surface area contributed by atoms with Crippen molar-refractivity contribution in [3.63, 3.8) is 0 Å². The highest BCUT2D eigenvalue weighted by Crippen LogP contribution is 2.24. The zero-order valence-electron chi connectivity index (χ0n) is 14.8. The maximum Gasteiger partial charge on any atom is 0.294 e. The molecule has 0 atom stereocenters. The zero-order valence-corrected chi connectivity index (χ0v) is 14.8.